The summed E-state index contributed by atoms with van der Waals surface area (Å²) in [5, 5.41) is 0.844. The molecule has 0 radical (unpaired) electrons. The fourth-order valence-electron chi connectivity index (χ4n) is 1.58. The van der Waals surface area contributed by atoms with Crippen LogP contribution in [0.4, 0.5) is 0 Å². The quantitative estimate of drug-likeness (QED) is 0.740. The zero-order valence-corrected chi connectivity index (χ0v) is 10.7. The third kappa shape index (κ3) is 2.82. The molecule has 15 heavy (non-hydrogen) atoms. The Morgan fingerprint density at radius 1 is 1.33 bits per heavy atom. The number of halogens is 1. The highest BCUT2D eigenvalue weighted by Crippen LogP contribution is 2.34. The minimum Gasteiger partial charge on any atom is -0.369 e. The lowest BCUT2D eigenvalue weighted by molar-refractivity contribution is -0.0225. The molecule has 1 fully saturated rings. The average molecular weight is 269 g/mol. The van der Waals surface area contributed by atoms with E-state index in [0.717, 1.165) is 17.9 Å². The monoisotopic (exact) mass is 268 g/mol. The Morgan fingerprint density at radius 3 is 2.53 bits per heavy atom. The molecule has 0 aromatic heterocycles. The van der Waals surface area contributed by atoms with E-state index in [2.05, 4.69) is 47.1 Å². The summed E-state index contributed by atoms with van der Waals surface area (Å²) in [6.45, 7) is 3.05. The average Bonchev–Trinajstić information content (AvgIpc) is 3.11. The number of alkyl halides is 1. The third-order valence-corrected chi connectivity index (χ3v) is 4.04. The molecule has 0 heterocycles. The lowest BCUT2D eigenvalue weighted by Gasteiger charge is -2.28. The summed E-state index contributed by atoms with van der Waals surface area (Å²) in [5.74, 6) is 0.812. The molecule has 1 aromatic rings. The topological polar surface area (TPSA) is 9.23 Å². The number of ether oxygens (including phenoxy) is 1. The van der Waals surface area contributed by atoms with Crippen molar-refractivity contribution in [2.45, 2.75) is 25.4 Å². The molecule has 1 aliphatic rings. The molecule has 82 valence electrons. The second-order valence-electron chi connectivity index (χ2n) is 4.48. The molecule has 0 saturated heterocycles. The van der Waals surface area contributed by atoms with Crippen LogP contribution in [0.1, 0.15) is 25.3 Å². The second-order valence-corrected chi connectivity index (χ2v) is 5.05. The van der Waals surface area contributed by atoms with Crippen LogP contribution in [-0.4, -0.2) is 11.9 Å². The van der Waals surface area contributed by atoms with Gasteiger partial charge in [-0.05, 0) is 31.2 Å². The molecule has 0 amide bonds. The Bertz CT molecular complexity index is 308. The van der Waals surface area contributed by atoms with Crippen molar-refractivity contribution in [1.82, 2.24) is 0 Å². The largest absolute Gasteiger partial charge is 0.369 e. The lowest BCUT2D eigenvalue weighted by atomic mass is 9.98. The highest BCUT2D eigenvalue weighted by Gasteiger charge is 2.30. The molecule has 1 nitrogen and oxygen atoms in total. The van der Waals surface area contributed by atoms with Crippen molar-refractivity contribution in [1.29, 1.82) is 0 Å². The summed E-state index contributed by atoms with van der Waals surface area (Å²) >= 11 is 3.55. The fourth-order valence-corrected chi connectivity index (χ4v) is 2.06. The van der Waals surface area contributed by atoms with E-state index in [1.165, 1.54) is 18.4 Å². The second kappa shape index (κ2) is 4.67. The SMILES string of the molecule is CC(CBr)(OCC1CC1)c1ccccc1. The van der Waals surface area contributed by atoms with Gasteiger partial charge in [-0.3, -0.25) is 0 Å². The summed E-state index contributed by atoms with van der Waals surface area (Å²) in [4.78, 5) is 0. The maximum Gasteiger partial charge on any atom is 0.0999 e. The summed E-state index contributed by atoms with van der Waals surface area (Å²) < 4.78 is 6.04. The number of hydrogen-bond donors (Lipinski definition) is 0. The predicted molar refractivity (Wildman–Crippen MR) is 66.3 cm³/mol. The van der Waals surface area contributed by atoms with E-state index < -0.39 is 0 Å². The van der Waals surface area contributed by atoms with Crippen LogP contribution in [0.5, 0.6) is 0 Å². The van der Waals surface area contributed by atoms with Gasteiger partial charge in [0.25, 0.3) is 0 Å². The first-order valence-electron chi connectivity index (χ1n) is 5.50. The molecule has 2 rings (SSSR count). The molecular formula is C13H17BrO. The molecule has 1 saturated carbocycles. The van der Waals surface area contributed by atoms with E-state index in [-0.39, 0.29) is 5.60 Å². The number of rotatable bonds is 5. The Morgan fingerprint density at radius 2 is 2.00 bits per heavy atom. The lowest BCUT2D eigenvalue weighted by Crippen LogP contribution is -2.28. The van der Waals surface area contributed by atoms with Crippen molar-refractivity contribution in [2.24, 2.45) is 5.92 Å². The fraction of sp³-hybridized carbons (Fsp3) is 0.538. The van der Waals surface area contributed by atoms with Crippen molar-refractivity contribution < 1.29 is 4.74 Å². The highest BCUT2D eigenvalue weighted by atomic mass is 79.9. The third-order valence-electron chi connectivity index (χ3n) is 2.97. The van der Waals surface area contributed by atoms with Crippen LogP contribution in [0.15, 0.2) is 30.3 Å². The molecule has 0 aliphatic heterocycles. The summed E-state index contributed by atoms with van der Waals surface area (Å²) in [6.07, 6.45) is 2.68. The smallest absolute Gasteiger partial charge is 0.0999 e. The molecule has 1 aromatic carbocycles. The molecule has 2 heteroatoms. The van der Waals surface area contributed by atoms with E-state index in [1.54, 1.807) is 0 Å². The Kier molecular flexibility index (Phi) is 3.47. The van der Waals surface area contributed by atoms with Crippen LogP contribution in [-0.2, 0) is 10.3 Å². The first-order chi connectivity index (χ1) is 7.24. The summed E-state index contributed by atoms with van der Waals surface area (Å²) in [5.41, 5.74) is 1.08. The number of hydrogen-bond acceptors (Lipinski definition) is 1. The Labute approximate surface area is 100.0 Å². The van der Waals surface area contributed by atoms with Gasteiger partial charge in [0.15, 0.2) is 0 Å². The van der Waals surface area contributed by atoms with Gasteiger partial charge in [0.2, 0.25) is 0 Å². The first-order valence-corrected chi connectivity index (χ1v) is 6.62. The molecule has 1 unspecified atom stereocenters. The molecular weight excluding hydrogens is 252 g/mol. The zero-order chi connectivity index (χ0) is 10.7. The van der Waals surface area contributed by atoms with Gasteiger partial charge in [-0.1, -0.05) is 46.3 Å². The van der Waals surface area contributed by atoms with E-state index in [1.807, 2.05) is 6.07 Å². The zero-order valence-electron chi connectivity index (χ0n) is 9.08. The minimum absolute atomic E-state index is 0.177. The minimum atomic E-state index is -0.177. The van der Waals surface area contributed by atoms with Crippen molar-refractivity contribution in [3.8, 4) is 0 Å². The van der Waals surface area contributed by atoms with Gasteiger partial charge in [0, 0.05) is 5.33 Å². The molecule has 1 aliphatic carbocycles. The van der Waals surface area contributed by atoms with Crippen LogP contribution >= 0.6 is 15.9 Å². The maximum absolute atomic E-state index is 6.04. The van der Waals surface area contributed by atoms with E-state index in [9.17, 15) is 0 Å². The van der Waals surface area contributed by atoms with Gasteiger partial charge in [-0.15, -0.1) is 0 Å². The van der Waals surface area contributed by atoms with Gasteiger partial charge < -0.3 is 4.74 Å². The van der Waals surface area contributed by atoms with E-state index in [4.69, 9.17) is 4.74 Å². The van der Waals surface area contributed by atoms with Crippen LogP contribution in [0.3, 0.4) is 0 Å². The van der Waals surface area contributed by atoms with Crippen LogP contribution < -0.4 is 0 Å². The summed E-state index contributed by atoms with van der Waals surface area (Å²) in [6, 6.07) is 10.4. The van der Waals surface area contributed by atoms with Gasteiger partial charge in [-0.25, -0.2) is 0 Å². The normalized spacial score (nSPS) is 19.9. The van der Waals surface area contributed by atoms with Gasteiger partial charge >= 0.3 is 0 Å². The first kappa shape index (κ1) is 11.2. The Balaban J connectivity index is 2.05. The van der Waals surface area contributed by atoms with Crippen molar-refractivity contribution in [2.75, 3.05) is 11.9 Å². The maximum atomic E-state index is 6.04. The number of benzene rings is 1. The highest BCUT2D eigenvalue weighted by molar-refractivity contribution is 9.09. The predicted octanol–water partition coefficient (Wildman–Crippen LogP) is 3.72. The Hall–Kier alpha value is -0.340. The van der Waals surface area contributed by atoms with Crippen molar-refractivity contribution in [3.63, 3.8) is 0 Å². The van der Waals surface area contributed by atoms with Crippen LogP contribution in [0.2, 0.25) is 0 Å². The van der Waals surface area contributed by atoms with E-state index in [0.29, 0.717) is 0 Å². The van der Waals surface area contributed by atoms with Crippen molar-refractivity contribution >= 4 is 15.9 Å². The summed E-state index contributed by atoms with van der Waals surface area (Å²) in [7, 11) is 0. The molecule has 0 spiro atoms. The van der Waals surface area contributed by atoms with Crippen molar-refractivity contribution in [3.05, 3.63) is 35.9 Å². The van der Waals surface area contributed by atoms with Crippen LogP contribution in [0, 0.1) is 5.92 Å². The van der Waals surface area contributed by atoms with Gasteiger partial charge in [0.05, 0.1) is 12.2 Å². The van der Waals surface area contributed by atoms with E-state index >= 15 is 0 Å². The van der Waals surface area contributed by atoms with Crippen LogP contribution in [0.25, 0.3) is 0 Å². The molecule has 0 bridgehead atoms. The molecule has 0 N–H and O–H groups in total. The van der Waals surface area contributed by atoms with Gasteiger partial charge in [-0.2, -0.15) is 0 Å². The molecule has 1 atom stereocenters. The van der Waals surface area contributed by atoms with Gasteiger partial charge in [0.1, 0.15) is 0 Å². The standard InChI is InChI=1S/C13H17BrO/c1-13(10-14,15-9-11-7-8-11)12-5-3-2-4-6-12/h2-6,11H,7-10H2,1H3.